The first-order valence-corrected chi connectivity index (χ1v) is 16.1. The Balaban J connectivity index is 1.17. The molecule has 0 aliphatic heterocycles. The van der Waals surface area contributed by atoms with Crippen LogP contribution in [0.1, 0.15) is 49.9 Å². The summed E-state index contributed by atoms with van der Waals surface area (Å²) in [6, 6.07) is 45.6. The molecule has 1 heterocycles. The molecule has 6 aromatic carbocycles. The highest BCUT2D eigenvalue weighted by Crippen LogP contribution is 2.59. The van der Waals surface area contributed by atoms with E-state index in [2.05, 4.69) is 149 Å². The predicted octanol–water partition coefficient (Wildman–Crippen LogP) is 12.0. The van der Waals surface area contributed by atoms with Crippen molar-refractivity contribution in [2.24, 2.45) is 0 Å². The van der Waals surface area contributed by atoms with E-state index < -0.39 is 0 Å². The van der Waals surface area contributed by atoms with Gasteiger partial charge < -0.3 is 0 Å². The SMILES string of the molecule is CC1(C)c2ccccc2-c2ccc3c(c21)C(C)(C)c1cc(-c2cccc(-c4cccc5c4sc4ccccc45)c2)ccc1-3. The molecule has 0 nitrogen and oxygen atoms in total. The van der Waals surface area contributed by atoms with Crippen molar-refractivity contribution in [2.45, 2.75) is 38.5 Å². The maximum absolute atomic E-state index is 2.47. The Bertz CT molecular complexity index is 2290. The molecule has 0 N–H and O–H groups in total. The lowest BCUT2D eigenvalue weighted by Gasteiger charge is -2.30. The molecular weight excluding hydrogens is 537 g/mol. The Morgan fingerprint density at radius 2 is 1.00 bits per heavy atom. The van der Waals surface area contributed by atoms with Crippen molar-refractivity contribution in [3.05, 3.63) is 144 Å². The van der Waals surface area contributed by atoms with Gasteiger partial charge in [-0.05, 0) is 85.0 Å². The van der Waals surface area contributed by atoms with E-state index in [0.29, 0.717) is 0 Å². The predicted molar refractivity (Wildman–Crippen MR) is 185 cm³/mol. The maximum atomic E-state index is 2.47. The first kappa shape index (κ1) is 25.1. The van der Waals surface area contributed by atoms with E-state index in [0.717, 1.165) is 0 Å². The van der Waals surface area contributed by atoms with E-state index in [1.807, 2.05) is 11.3 Å². The third kappa shape index (κ3) is 3.32. The number of hydrogen-bond donors (Lipinski definition) is 0. The van der Waals surface area contributed by atoms with E-state index in [1.54, 1.807) is 0 Å². The third-order valence-corrected chi connectivity index (χ3v) is 11.5. The molecule has 206 valence electrons. The fraction of sp³-hybridized carbons (Fsp3) is 0.143. The molecule has 0 radical (unpaired) electrons. The van der Waals surface area contributed by atoms with Gasteiger partial charge in [0.05, 0.1) is 0 Å². The standard InChI is InChI=1S/C42H32S/c1-41(2)35-17-7-5-13-29(35)32-21-22-33-30-20-19-26(24-36(30)42(3,4)39(33)38(32)41)25-11-9-12-27(23-25)28-15-10-16-34-31-14-6-8-18-37(31)43-40(28)34/h5-24H,1-4H3. The van der Waals surface area contributed by atoms with Crippen molar-refractivity contribution < 1.29 is 0 Å². The van der Waals surface area contributed by atoms with Gasteiger partial charge in [-0.15, -0.1) is 11.3 Å². The molecule has 0 bridgehead atoms. The van der Waals surface area contributed by atoms with E-state index in [9.17, 15) is 0 Å². The Morgan fingerprint density at radius 3 is 1.84 bits per heavy atom. The quantitative estimate of drug-likeness (QED) is 0.195. The summed E-state index contributed by atoms with van der Waals surface area (Å²) in [5.41, 5.74) is 16.5. The average Bonchev–Trinajstić information content (AvgIpc) is 3.61. The zero-order chi connectivity index (χ0) is 29.1. The third-order valence-electron chi connectivity index (χ3n) is 10.2. The van der Waals surface area contributed by atoms with Crippen LogP contribution in [0, 0.1) is 0 Å². The smallest absolute Gasteiger partial charge is 0.0433 e. The van der Waals surface area contributed by atoms with Crippen molar-refractivity contribution in [2.75, 3.05) is 0 Å². The van der Waals surface area contributed by atoms with Gasteiger partial charge in [0.2, 0.25) is 0 Å². The summed E-state index contributed by atoms with van der Waals surface area (Å²) >= 11 is 1.90. The molecule has 0 saturated carbocycles. The van der Waals surface area contributed by atoms with E-state index in [4.69, 9.17) is 0 Å². The first-order valence-electron chi connectivity index (χ1n) is 15.3. The Kier molecular flexibility index (Phi) is 4.99. The highest BCUT2D eigenvalue weighted by molar-refractivity contribution is 7.26. The van der Waals surface area contributed by atoms with Gasteiger partial charge in [0.1, 0.15) is 0 Å². The first-order chi connectivity index (χ1) is 20.8. The number of hydrogen-bond acceptors (Lipinski definition) is 1. The molecule has 0 saturated heterocycles. The summed E-state index contributed by atoms with van der Waals surface area (Å²) in [7, 11) is 0. The van der Waals surface area contributed by atoms with Crippen molar-refractivity contribution in [1.29, 1.82) is 0 Å². The minimum absolute atomic E-state index is 0.0264. The molecule has 1 aromatic heterocycles. The second kappa shape index (κ2) is 8.56. The van der Waals surface area contributed by atoms with Crippen LogP contribution in [0.15, 0.2) is 121 Å². The molecule has 9 rings (SSSR count). The van der Waals surface area contributed by atoms with Crippen LogP contribution in [-0.4, -0.2) is 0 Å². The van der Waals surface area contributed by atoms with Crippen LogP contribution < -0.4 is 0 Å². The lowest BCUT2D eigenvalue weighted by atomic mass is 9.72. The molecule has 0 spiro atoms. The molecule has 2 aliphatic carbocycles. The van der Waals surface area contributed by atoms with Gasteiger partial charge in [0.15, 0.2) is 0 Å². The minimum Gasteiger partial charge on any atom is -0.135 e. The van der Waals surface area contributed by atoms with Crippen molar-refractivity contribution in [3.63, 3.8) is 0 Å². The van der Waals surface area contributed by atoms with E-state index in [1.165, 1.54) is 86.9 Å². The second-order valence-electron chi connectivity index (χ2n) is 13.3. The largest absolute Gasteiger partial charge is 0.135 e. The van der Waals surface area contributed by atoms with Crippen LogP contribution in [0.2, 0.25) is 0 Å². The minimum atomic E-state index is -0.0917. The van der Waals surface area contributed by atoms with E-state index in [-0.39, 0.29) is 10.8 Å². The number of rotatable bonds is 2. The molecular formula is C42H32S. The Morgan fingerprint density at radius 1 is 0.419 bits per heavy atom. The normalized spacial score (nSPS) is 15.3. The van der Waals surface area contributed by atoms with Crippen LogP contribution in [0.4, 0.5) is 0 Å². The fourth-order valence-corrected chi connectivity index (χ4v) is 9.44. The summed E-state index contributed by atoms with van der Waals surface area (Å²) in [6.07, 6.45) is 0. The zero-order valence-electron chi connectivity index (χ0n) is 25.0. The van der Waals surface area contributed by atoms with Crippen molar-refractivity contribution in [1.82, 2.24) is 0 Å². The van der Waals surface area contributed by atoms with Gasteiger partial charge in [0.25, 0.3) is 0 Å². The van der Waals surface area contributed by atoms with Gasteiger partial charge in [-0.2, -0.15) is 0 Å². The molecule has 1 heteroatoms. The zero-order valence-corrected chi connectivity index (χ0v) is 25.8. The topological polar surface area (TPSA) is 0 Å². The average molecular weight is 569 g/mol. The summed E-state index contributed by atoms with van der Waals surface area (Å²) in [6.45, 7) is 9.68. The number of thiophene rings is 1. The second-order valence-corrected chi connectivity index (χ2v) is 14.4. The van der Waals surface area contributed by atoms with Gasteiger partial charge in [-0.1, -0.05) is 131 Å². The van der Waals surface area contributed by atoms with Crippen LogP contribution in [0.5, 0.6) is 0 Å². The van der Waals surface area contributed by atoms with Gasteiger partial charge in [0, 0.05) is 31.0 Å². The molecule has 0 unspecified atom stereocenters. The van der Waals surface area contributed by atoms with Gasteiger partial charge >= 0.3 is 0 Å². The maximum Gasteiger partial charge on any atom is 0.0433 e. The molecule has 0 amide bonds. The highest BCUT2D eigenvalue weighted by atomic mass is 32.1. The summed E-state index contributed by atoms with van der Waals surface area (Å²) in [5, 5.41) is 2.69. The fourth-order valence-electron chi connectivity index (χ4n) is 8.20. The van der Waals surface area contributed by atoms with Crippen LogP contribution in [0.3, 0.4) is 0 Å². The molecule has 7 aromatic rings. The summed E-state index contributed by atoms with van der Waals surface area (Å²) < 4.78 is 2.71. The van der Waals surface area contributed by atoms with Crippen LogP contribution >= 0.6 is 11.3 Å². The highest BCUT2D eigenvalue weighted by Gasteiger charge is 2.45. The van der Waals surface area contributed by atoms with Crippen molar-refractivity contribution in [3.8, 4) is 44.5 Å². The lowest BCUT2D eigenvalue weighted by molar-refractivity contribution is 0.601. The Labute approximate surface area is 257 Å². The Hall–Kier alpha value is -4.46. The van der Waals surface area contributed by atoms with Crippen LogP contribution in [0.25, 0.3) is 64.7 Å². The van der Waals surface area contributed by atoms with Crippen molar-refractivity contribution >= 4 is 31.5 Å². The summed E-state index contributed by atoms with van der Waals surface area (Å²) in [4.78, 5) is 0. The lowest BCUT2D eigenvalue weighted by Crippen LogP contribution is -2.24. The van der Waals surface area contributed by atoms with Gasteiger partial charge in [-0.25, -0.2) is 0 Å². The summed E-state index contributed by atoms with van der Waals surface area (Å²) in [5.74, 6) is 0. The van der Waals surface area contributed by atoms with E-state index >= 15 is 0 Å². The van der Waals surface area contributed by atoms with Gasteiger partial charge in [-0.3, -0.25) is 0 Å². The number of benzene rings is 6. The monoisotopic (exact) mass is 568 g/mol. The number of fused-ring (bicyclic) bond motifs is 10. The van der Waals surface area contributed by atoms with Crippen LogP contribution in [-0.2, 0) is 10.8 Å². The molecule has 0 fully saturated rings. The molecule has 2 aliphatic rings. The molecule has 0 atom stereocenters. The molecule has 43 heavy (non-hydrogen) atoms.